The van der Waals surface area contributed by atoms with Gasteiger partial charge in [0.2, 0.25) is 5.91 Å². The van der Waals surface area contributed by atoms with Crippen LogP contribution in [0.5, 0.6) is 0 Å². The lowest BCUT2D eigenvalue weighted by Crippen LogP contribution is -2.57. The molecule has 164 valence electrons. The van der Waals surface area contributed by atoms with Crippen LogP contribution >= 0.6 is 11.6 Å². The summed E-state index contributed by atoms with van der Waals surface area (Å²) in [5.41, 5.74) is 12.3. The highest BCUT2D eigenvalue weighted by Gasteiger charge is 2.29. The zero-order chi connectivity index (χ0) is 22.2. The largest absolute Gasteiger partial charge is 0.384 e. The number of carbonyl (C=O) groups is 2. The lowest BCUT2D eigenvalue weighted by Gasteiger charge is -2.38. The van der Waals surface area contributed by atoms with Gasteiger partial charge in [-0.1, -0.05) is 29.8 Å². The quantitative estimate of drug-likeness (QED) is 0.625. The fraction of sp³-hybridized carbons (Fsp3) is 0.261. The van der Waals surface area contributed by atoms with Crippen molar-refractivity contribution in [2.75, 3.05) is 41.8 Å². The zero-order valence-corrected chi connectivity index (χ0v) is 18.2. The van der Waals surface area contributed by atoms with E-state index in [-0.39, 0.29) is 11.9 Å². The number of fused-ring (bicyclic) bond motifs is 2. The van der Waals surface area contributed by atoms with Crippen molar-refractivity contribution in [3.05, 3.63) is 59.1 Å². The number of amides is 3. The Bertz CT molecular complexity index is 1200. The number of nitrogens with zero attached hydrogens (tertiary/aromatic N) is 4. The summed E-state index contributed by atoms with van der Waals surface area (Å²) in [5, 5.41) is 2.96. The molecule has 2 aliphatic rings. The summed E-state index contributed by atoms with van der Waals surface area (Å²) >= 11 is 6.11. The van der Waals surface area contributed by atoms with E-state index < -0.39 is 0 Å². The molecule has 0 radical (unpaired) electrons. The topological polar surface area (TPSA) is 94.8 Å². The van der Waals surface area contributed by atoms with Gasteiger partial charge in [-0.3, -0.25) is 4.79 Å². The van der Waals surface area contributed by atoms with Gasteiger partial charge in [-0.15, -0.1) is 0 Å². The van der Waals surface area contributed by atoms with Crippen LogP contribution in [0, 0.1) is 0 Å². The molecule has 32 heavy (non-hydrogen) atoms. The number of carbonyl (C=O) groups excluding carboxylic acids is 2. The fourth-order valence-corrected chi connectivity index (χ4v) is 4.50. The van der Waals surface area contributed by atoms with E-state index in [0.29, 0.717) is 49.9 Å². The van der Waals surface area contributed by atoms with E-state index in [4.69, 9.17) is 17.3 Å². The predicted octanol–water partition coefficient (Wildman–Crippen LogP) is 3.20. The van der Waals surface area contributed by atoms with Gasteiger partial charge >= 0.3 is 6.03 Å². The lowest BCUT2D eigenvalue weighted by atomic mass is 10.0. The third-order valence-corrected chi connectivity index (χ3v) is 6.21. The van der Waals surface area contributed by atoms with E-state index in [1.54, 1.807) is 11.0 Å². The van der Waals surface area contributed by atoms with E-state index >= 15 is 0 Å². The number of anilines is 3. The first-order valence-electron chi connectivity index (χ1n) is 10.6. The van der Waals surface area contributed by atoms with Crippen molar-refractivity contribution in [3.8, 4) is 0 Å². The maximum atomic E-state index is 12.9. The first kappa shape index (κ1) is 20.4. The predicted molar refractivity (Wildman–Crippen MR) is 126 cm³/mol. The number of pyridine rings is 1. The number of urea groups is 1. The van der Waals surface area contributed by atoms with Crippen molar-refractivity contribution >= 4 is 51.6 Å². The first-order chi connectivity index (χ1) is 15.5. The number of rotatable bonds is 2. The van der Waals surface area contributed by atoms with Crippen molar-refractivity contribution in [1.29, 1.82) is 0 Å². The van der Waals surface area contributed by atoms with Crippen LogP contribution in [-0.4, -0.2) is 48.0 Å². The molecule has 3 heterocycles. The Morgan fingerprint density at radius 2 is 1.78 bits per heavy atom. The van der Waals surface area contributed by atoms with Crippen LogP contribution in [0.4, 0.5) is 22.0 Å². The smallest absolute Gasteiger partial charge is 0.336 e. The van der Waals surface area contributed by atoms with Gasteiger partial charge in [-0.05, 0) is 36.2 Å². The zero-order valence-electron chi connectivity index (χ0n) is 17.4. The number of halogens is 1. The molecule has 1 aromatic heterocycles. The van der Waals surface area contributed by atoms with E-state index in [9.17, 15) is 9.59 Å². The molecule has 3 amide bonds. The van der Waals surface area contributed by atoms with Crippen LogP contribution in [0.25, 0.3) is 10.9 Å². The molecule has 0 saturated carbocycles. The Morgan fingerprint density at radius 1 is 1.00 bits per heavy atom. The molecule has 0 spiro atoms. The van der Waals surface area contributed by atoms with Crippen molar-refractivity contribution in [3.63, 3.8) is 0 Å². The number of piperazine rings is 1. The van der Waals surface area contributed by atoms with Crippen LogP contribution < -0.4 is 21.1 Å². The molecule has 3 N–H and O–H groups in total. The first-order valence-corrected chi connectivity index (χ1v) is 10.9. The van der Waals surface area contributed by atoms with Gasteiger partial charge < -0.3 is 15.5 Å². The Morgan fingerprint density at radius 3 is 2.59 bits per heavy atom. The molecule has 3 aromatic rings. The Balaban J connectivity index is 1.29. The van der Waals surface area contributed by atoms with Crippen LogP contribution in [0.2, 0.25) is 5.02 Å². The summed E-state index contributed by atoms with van der Waals surface area (Å²) in [6.45, 7) is 2.32. The second-order valence-electron chi connectivity index (χ2n) is 7.98. The molecule has 0 atom stereocenters. The lowest BCUT2D eigenvalue weighted by molar-refractivity contribution is -0.119. The molecular formula is C23H23ClN6O2. The monoisotopic (exact) mass is 450 g/mol. The molecular weight excluding hydrogens is 428 g/mol. The molecule has 0 unspecified atom stereocenters. The Labute approximate surface area is 190 Å². The van der Waals surface area contributed by atoms with Gasteiger partial charge in [-0.25, -0.2) is 20.2 Å². The highest BCUT2D eigenvalue weighted by atomic mass is 35.5. The van der Waals surface area contributed by atoms with Gasteiger partial charge in [-0.2, -0.15) is 0 Å². The Hall–Kier alpha value is -3.52. The van der Waals surface area contributed by atoms with Crippen molar-refractivity contribution in [2.45, 2.75) is 12.8 Å². The molecule has 9 heteroatoms. The molecule has 1 fully saturated rings. The second kappa shape index (κ2) is 8.20. The minimum absolute atomic E-state index is 0.104. The van der Waals surface area contributed by atoms with Crippen molar-refractivity contribution < 1.29 is 9.59 Å². The summed E-state index contributed by atoms with van der Waals surface area (Å²) in [6, 6.07) is 14.8. The summed E-state index contributed by atoms with van der Waals surface area (Å²) in [6.07, 6.45) is 1.07. The minimum atomic E-state index is -0.277. The van der Waals surface area contributed by atoms with Crippen molar-refractivity contribution in [1.82, 2.24) is 15.3 Å². The second-order valence-corrected chi connectivity index (χ2v) is 8.41. The number of aromatic nitrogens is 1. The van der Waals surface area contributed by atoms with Gasteiger partial charge in [0.05, 0.1) is 11.2 Å². The van der Waals surface area contributed by atoms with Gasteiger partial charge in [0.15, 0.2) is 0 Å². The van der Waals surface area contributed by atoms with Crippen LogP contribution in [0.15, 0.2) is 48.5 Å². The van der Waals surface area contributed by atoms with Gasteiger partial charge in [0, 0.05) is 54.8 Å². The molecule has 5 rings (SSSR count). The number of hydrazine groups is 1. The van der Waals surface area contributed by atoms with E-state index in [0.717, 1.165) is 27.8 Å². The number of nitrogens with two attached hydrogens (primary N) is 1. The number of aryl methyl sites for hydroxylation is 1. The number of nitrogen functional groups attached to an aromatic ring is 1. The third kappa shape index (κ3) is 3.78. The van der Waals surface area contributed by atoms with Gasteiger partial charge in [0.1, 0.15) is 5.82 Å². The Kier molecular flexibility index (Phi) is 5.22. The van der Waals surface area contributed by atoms with Crippen LogP contribution in [0.1, 0.15) is 12.0 Å². The molecule has 2 aliphatic heterocycles. The van der Waals surface area contributed by atoms with E-state index in [1.807, 2.05) is 42.5 Å². The number of hydrogen-bond donors (Lipinski definition) is 2. The molecule has 2 aromatic carbocycles. The van der Waals surface area contributed by atoms with E-state index in [1.165, 1.54) is 5.01 Å². The average Bonchev–Trinajstić information content (AvgIpc) is 2.80. The summed E-state index contributed by atoms with van der Waals surface area (Å²) in [4.78, 5) is 33.7. The van der Waals surface area contributed by atoms with Crippen LogP contribution in [0.3, 0.4) is 0 Å². The average molecular weight is 451 g/mol. The highest BCUT2D eigenvalue weighted by Crippen LogP contribution is 2.30. The maximum absolute atomic E-state index is 12.9. The van der Waals surface area contributed by atoms with E-state index in [2.05, 4.69) is 15.3 Å². The third-order valence-electron chi connectivity index (χ3n) is 5.98. The number of nitrogens with one attached hydrogen (secondary N) is 1. The maximum Gasteiger partial charge on any atom is 0.336 e. The summed E-state index contributed by atoms with van der Waals surface area (Å²) in [5.74, 6) is 0.324. The van der Waals surface area contributed by atoms with Crippen LogP contribution in [-0.2, 0) is 11.2 Å². The minimum Gasteiger partial charge on any atom is -0.384 e. The molecule has 0 bridgehead atoms. The normalized spacial score (nSPS) is 16.3. The molecule has 1 saturated heterocycles. The SMILES string of the molecule is Nc1cc(N2CCN(C(=O)NN3C(=O)CCc4ccccc43)CC2)c2ccc(Cl)cc2n1. The van der Waals surface area contributed by atoms with Gasteiger partial charge in [0.25, 0.3) is 0 Å². The number of hydrogen-bond acceptors (Lipinski definition) is 5. The van der Waals surface area contributed by atoms with Crippen molar-refractivity contribution in [2.24, 2.45) is 0 Å². The number of para-hydroxylation sites is 1. The highest BCUT2D eigenvalue weighted by molar-refractivity contribution is 6.31. The standard InChI is InChI=1S/C23H23ClN6O2/c24-16-6-7-17-18(13-16)26-21(25)14-20(17)28-9-11-29(12-10-28)23(32)27-30-19-4-2-1-3-15(19)5-8-22(30)31/h1-4,6-7,13-14H,5,8-12H2,(H2,25,26)(H,27,32). The molecule has 8 nitrogen and oxygen atoms in total. The number of benzene rings is 2. The summed E-state index contributed by atoms with van der Waals surface area (Å²) in [7, 11) is 0. The molecule has 0 aliphatic carbocycles. The summed E-state index contributed by atoms with van der Waals surface area (Å²) < 4.78 is 0. The fourth-order valence-electron chi connectivity index (χ4n) is 4.33.